The molecule has 0 saturated carbocycles. The SMILES string of the molecule is CCn1nc(C)c(C(=O)Nc2sc3c(c2C#N)CCC3)c1C. The molecule has 0 saturated heterocycles. The first-order valence-electron chi connectivity index (χ1n) is 7.46. The Morgan fingerprint density at radius 3 is 2.86 bits per heavy atom. The summed E-state index contributed by atoms with van der Waals surface area (Å²) in [6.45, 7) is 6.47. The van der Waals surface area contributed by atoms with E-state index in [1.165, 1.54) is 16.2 Å². The molecule has 0 aromatic carbocycles. The summed E-state index contributed by atoms with van der Waals surface area (Å²) in [5.74, 6) is -0.175. The van der Waals surface area contributed by atoms with Crippen molar-refractivity contribution in [1.82, 2.24) is 9.78 Å². The Morgan fingerprint density at radius 2 is 2.23 bits per heavy atom. The zero-order valence-corrected chi connectivity index (χ0v) is 13.8. The van der Waals surface area contributed by atoms with Gasteiger partial charge in [0.15, 0.2) is 0 Å². The molecular formula is C16H18N4OS. The molecule has 0 radical (unpaired) electrons. The monoisotopic (exact) mass is 314 g/mol. The van der Waals surface area contributed by atoms with Crippen molar-refractivity contribution in [3.8, 4) is 6.07 Å². The first-order chi connectivity index (χ1) is 10.6. The van der Waals surface area contributed by atoms with Crippen molar-refractivity contribution < 1.29 is 4.79 Å². The second-order valence-electron chi connectivity index (χ2n) is 5.49. The molecule has 0 spiro atoms. The number of nitrogens with one attached hydrogen (secondary N) is 1. The molecular weight excluding hydrogens is 296 g/mol. The summed E-state index contributed by atoms with van der Waals surface area (Å²) in [5, 5.41) is 17.4. The third-order valence-corrected chi connectivity index (χ3v) is 5.38. The number of amides is 1. The van der Waals surface area contributed by atoms with Crippen LogP contribution in [0.25, 0.3) is 0 Å². The van der Waals surface area contributed by atoms with Gasteiger partial charge in [0.05, 0.1) is 16.8 Å². The summed E-state index contributed by atoms with van der Waals surface area (Å²) in [6.07, 6.45) is 3.05. The Balaban J connectivity index is 1.93. The van der Waals surface area contributed by atoms with E-state index in [-0.39, 0.29) is 5.91 Å². The van der Waals surface area contributed by atoms with Gasteiger partial charge in [0.1, 0.15) is 11.1 Å². The number of thiophene rings is 1. The Kier molecular flexibility index (Phi) is 3.75. The molecule has 22 heavy (non-hydrogen) atoms. The number of anilines is 1. The van der Waals surface area contributed by atoms with E-state index in [1.807, 2.05) is 25.5 Å². The highest BCUT2D eigenvalue weighted by molar-refractivity contribution is 7.16. The standard InChI is InChI=1S/C16H18N4OS/c1-4-20-10(3)14(9(2)19-20)15(21)18-16-12(8-17)11-6-5-7-13(11)22-16/h4-7H2,1-3H3,(H,18,21). The topological polar surface area (TPSA) is 70.7 Å². The molecule has 2 heterocycles. The van der Waals surface area contributed by atoms with Crippen LogP contribution in [0.2, 0.25) is 0 Å². The first kappa shape index (κ1) is 14.8. The second kappa shape index (κ2) is 5.58. The number of carbonyl (C=O) groups is 1. The van der Waals surface area contributed by atoms with Gasteiger partial charge in [0.2, 0.25) is 0 Å². The highest BCUT2D eigenvalue weighted by Crippen LogP contribution is 2.38. The van der Waals surface area contributed by atoms with Crippen LogP contribution in [0, 0.1) is 25.2 Å². The minimum atomic E-state index is -0.175. The number of rotatable bonds is 3. The number of carbonyl (C=O) groups excluding carboxylic acids is 1. The van der Waals surface area contributed by atoms with Gasteiger partial charge in [-0.2, -0.15) is 10.4 Å². The molecule has 0 atom stereocenters. The molecule has 3 rings (SSSR count). The second-order valence-corrected chi connectivity index (χ2v) is 6.59. The van der Waals surface area contributed by atoms with Crippen LogP contribution < -0.4 is 5.32 Å². The zero-order valence-electron chi connectivity index (χ0n) is 13.0. The number of nitrogens with zero attached hydrogens (tertiary/aromatic N) is 3. The van der Waals surface area contributed by atoms with Crippen LogP contribution in [0.15, 0.2) is 0 Å². The van der Waals surface area contributed by atoms with Gasteiger partial charge in [0.25, 0.3) is 5.91 Å². The van der Waals surface area contributed by atoms with Crippen molar-refractivity contribution in [2.75, 3.05) is 5.32 Å². The van der Waals surface area contributed by atoms with Crippen molar-refractivity contribution in [3.05, 3.63) is 33.0 Å². The molecule has 0 fully saturated rings. The number of hydrogen-bond acceptors (Lipinski definition) is 4. The minimum absolute atomic E-state index is 0.175. The maximum Gasteiger partial charge on any atom is 0.260 e. The van der Waals surface area contributed by atoms with Gasteiger partial charge in [-0.25, -0.2) is 0 Å². The Morgan fingerprint density at radius 1 is 1.45 bits per heavy atom. The Labute approximate surface area is 133 Å². The summed E-state index contributed by atoms with van der Waals surface area (Å²) in [5.41, 5.74) is 3.96. The van der Waals surface area contributed by atoms with Crippen LogP contribution in [-0.4, -0.2) is 15.7 Å². The van der Waals surface area contributed by atoms with Crippen molar-refractivity contribution in [1.29, 1.82) is 5.26 Å². The normalized spacial score (nSPS) is 13.0. The van der Waals surface area contributed by atoms with Gasteiger partial charge < -0.3 is 5.32 Å². The first-order valence-corrected chi connectivity index (χ1v) is 8.28. The number of aromatic nitrogens is 2. The molecule has 0 bridgehead atoms. The van der Waals surface area contributed by atoms with Crippen LogP contribution in [0.5, 0.6) is 0 Å². The summed E-state index contributed by atoms with van der Waals surface area (Å²) in [4.78, 5) is 13.9. The predicted molar refractivity (Wildman–Crippen MR) is 86.4 cm³/mol. The average Bonchev–Trinajstić information content (AvgIpc) is 3.11. The molecule has 6 heteroatoms. The van der Waals surface area contributed by atoms with E-state index in [0.717, 1.165) is 42.8 Å². The van der Waals surface area contributed by atoms with E-state index in [2.05, 4.69) is 16.5 Å². The molecule has 0 aliphatic heterocycles. The van der Waals surface area contributed by atoms with Gasteiger partial charge >= 0.3 is 0 Å². The van der Waals surface area contributed by atoms with Crippen molar-refractivity contribution in [3.63, 3.8) is 0 Å². The maximum atomic E-state index is 12.6. The molecule has 114 valence electrons. The van der Waals surface area contributed by atoms with E-state index in [4.69, 9.17) is 0 Å². The fourth-order valence-corrected chi connectivity index (χ4v) is 4.34. The van der Waals surface area contributed by atoms with Crippen LogP contribution >= 0.6 is 11.3 Å². The van der Waals surface area contributed by atoms with Gasteiger partial charge in [-0.15, -0.1) is 11.3 Å². The lowest BCUT2D eigenvalue weighted by molar-refractivity contribution is 0.102. The van der Waals surface area contributed by atoms with Crippen LogP contribution in [0.3, 0.4) is 0 Å². The molecule has 0 unspecified atom stereocenters. The van der Waals surface area contributed by atoms with Crippen LogP contribution in [-0.2, 0) is 19.4 Å². The predicted octanol–water partition coefficient (Wildman–Crippen LogP) is 3.19. The van der Waals surface area contributed by atoms with Crippen LogP contribution in [0.1, 0.15) is 51.1 Å². The maximum absolute atomic E-state index is 12.6. The fourth-order valence-electron chi connectivity index (χ4n) is 3.11. The lowest BCUT2D eigenvalue weighted by atomic mass is 10.1. The molecule has 2 aromatic rings. The fraction of sp³-hybridized carbons (Fsp3) is 0.438. The molecule has 5 nitrogen and oxygen atoms in total. The van der Waals surface area contributed by atoms with E-state index in [1.54, 1.807) is 0 Å². The highest BCUT2D eigenvalue weighted by Gasteiger charge is 2.25. The Bertz CT molecular complexity index is 794. The minimum Gasteiger partial charge on any atom is -0.312 e. The van der Waals surface area contributed by atoms with Crippen molar-refractivity contribution >= 4 is 22.2 Å². The lowest BCUT2D eigenvalue weighted by Gasteiger charge is -2.05. The highest BCUT2D eigenvalue weighted by atomic mass is 32.1. The number of nitriles is 1. The van der Waals surface area contributed by atoms with Gasteiger partial charge in [-0.1, -0.05) is 0 Å². The van der Waals surface area contributed by atoms with E-state index < -0.39 is 0 Å². The number of aryl methyl sites for hydroxylation is 3. The zero-order chi connectivity index (χ0) is 15.9. The van der Waals surface area contributed by atoms with Gasteiger partial charge in [-0.05, 0) is 45.6 Å². The molecule has 1 N–H and O–H groups in total. The summed E-state index contributed by atoms with van der Waals surface area (Å²) in [7, 11) is 0. The average molecular weight is 314 g/mol. The smallest absolute Gasteiger partial charge is 0.260 e. The molecule has 1 aliphatic carbocycles. The van der Waals surface area contributed by atoms with E-state index in [9.17, 15) is 10.1 Å². The largest absolute Gasteiger partial charge is 0.312 e. The Hall–Kier alpha value is -2.13. The van der Waals surface area contributed by atoms with Crippen molar-refractivity contribution in [2.24, 2.45) is 0 Å². The molecule has 2 aromatic heterocycles. The van der Waals surface area contributed by atoms with Crippen LogP contribution in [0.4, 0.5) is 5.00 Å². The third-order valence-electron chi connectivity index (χ3n) is 4.17. The molecule has 1 amide bonds. The lowest BCUT2D eigenvalue weighted by Crippen LogP contribution is -2.14. The summed E-state index contributed by atoms with van der Waals surface area (Å²) < 4.78 is 1.82. The van der Waals surface area contributed by atoms with Gasteiger partial charge in [0, 0.05) is 17.1 Å². The van der Waals surface area contributed by atoms with E-state index >= 15 is 0 Å². The van der Waals surface area contributed by atoms with E-state index in [0.29, 0.717) is 16.1 Å². The number of hydrogen-bond donors (Lipinski definition) is 1. The summed E-state index contributed by atoms with van der Waals surface area (Å²) in [6, 6.07) is 2.25. The van der Waals surface area contributed by atoms with Crippen molar-refractivity contribution in [2.45, 2.75) is 46.6 Å². The summed E-state index contributed by atoms with van der Waals surface area (Å²) >= 11 is 1.54. The number of fused-ring (bicyclic) bond motifs is 1. The third kappa shape index (κ3) is 2.22. The van der Waals surface area contributed by atoms with Gasteiger partial charge in [-0.3, -0.25) is 9.48 Å². The quantitative estimate of drug-likeness (QED) is 0.945. The molecule has 1 aliphatic rings.